The van der Waals surface area contributed by atoms with Crippen LogP contribution in [0.3, 0.4) is 0 Å². The number of phenols is 1. The highest BCUT2D eigenvalue weighted by atomic mass is 16.3. The predicted octanol–water partition coefficient (Wildman–Crippen LogP) is 6.28. The van der Waals surface area contributed by atoms with Crippen LogP contribution in [0.15, 0.2) is 18.2 Å². The van der Waals surface area contributed by atoms with Gasteiger partial charge in [0, 0.05) is 36.2 Å². The summed E-state index contributed by atoms with van der Waals surface area (Å²) in [5, 5.41) is 11.0. The zero-order chi connectivity index (χ0) is 20.5. The van der Waals surface area contributed by atoms with Gasteiger partial charge in [0.25, 0.3) is 5.91 Å². The molecule has 4 nitrogen and oxygen atoms in total. The fraction of sp³-hybridized carbons (Fsp3) is 0.625. The number of rotatable bonds is 12. The van der Waals surface area contributed by atoms with E-state index < -0.39 is 0 Å². The summed E-state index contributed by atoms with van der Waals surface area (Å²) < 4.78 is 2.27. The van der Waals surface area contributed by atoms with Gasteiger partial charge in [0.05, 0.1) is 5.56 Å². The van der Waals surface area contributed by atoms with Gasteiger partial charge in [-0.05, 0) is 44.4 Å². The van der Waals surface area contributed by atoms with Crippen molar-refractivity contribution in [1.82, 2.24) is 9.47 Å². The number of aromatic hydroxyl groups is 1. The lowest BCUT2D eigenvalue weighted by molar-refractivity contribution is 0.0752. The van der Waals surface area contributed by atoms with E-state index in [-0.39, 0.29) is 11.7 Å². The molecule has 0 bridgehead atoms. The summed E-state index contributed by atoms with van der Waals surface area (Å²) in [4.78, 5) is 15.5. The number of aromatic nitrogens is 1. The third-order valence-electron chi connectivity index (χ3n) is 5.61. The molecule has 1 aromatic heterocycles. The number of amides is 1. The molecule has 0 aliphatic rings. The van der Waals surface area contributed by atoms with Crippen LogP contribution in [0.25, 0.3) is 10.9 Å². The molecular weight excluding hydrogens is 348 g/mol. The van der Waals surface area contributed by atoms with Crippen LogP contribution in [0.4, 0.5) is 0 Å². The van der Waals surface area contributed by atoms with Crippen molar-refractivity contribution in [3.05, 3.63) is 29.5 Å². The van der Waals surface area contributed by atoms with Crippen molar-refractivity contribution in [3.63, 3.8) is 0 Å². The van der Waals surface area contributed by atoms with Crippen LogP contribution < -0.4 is 0 Å². The molecule has 2 aromatic rings. The van der Waals surface area contributed by atoms with Crippen LogP contribution in [0.1, 0.15) is 88.2 Å². The van der Waals surface area contributed by atoms with E-state index in [1.54, 1.807) is 12.1 Å². The molecule has 1 amide bonds. The average molecular weight is 387 g/mol. The molecule has 1 aromatic carbocycles. The number of fused-ring (bicyclic) bond motifs is 1. The first-order valence-electron chi connectivity index (χ1n) is 11.2. The topological polar surface area (TPSA) is 45.5 Å². The Balaban J connectivity index is 2.41. The molecule has 28 heavy (non-hydrogen) atoms. The van der Waals surface area contributed by atoms with Crippen molar-refractivity contribution in [2.24, 2.45) is 0 Å². The van der Waals surface area contributed by atoms with E-state index in [0.29, 0.717) is 0 Å². The Hall–Kier alpha value is -1.97. The molecule has 0 radical (unpaired) electrons. The first-order valence-corrected chi connectivity index (χ1v) is 11.2. The maximum atomic E-state index is 13.5. The third kappa shape index (κ3) is 5.30. The Morgan fingerprint density at radius 3 is 2.21 bits per heavy atom. The largest absolute Gasteiger partial charge is 0.508 e. The maximum absolute atomic E-state index is 13.5. The van der Waals surface area contributed by atoms with Gasteiger partial charge in [-0.3, -0.25) is 4.79 Å². The summed E-state index contributed by atoms with van der Waals surface area (Å²) in [5.41, 5.74) is 2.86. The van der Waals surface area contributed by atoms with Gasteiger partial charge in [0.1, 0.15) is 5.75 Å². The van der Waals surface area contributed by atoms with Gasteiger partial charge in [0.15, 0.2) is 0 Å². The van der Waals surface area contributed by atoms with Crippen LogP contribution in [0, 0.1) is 6.92 Å². The predicted molar refractivity (Wildman–Crippen MR) is 118 cm³/mol. The van der Waals surface area contributed by atoms with E-state index in [9.17, 15) is 9.90 Å². The van der Waals surface area contributed by atoms with Gasteiger partial charge >= 0.3 is 0 Å². The molecule has 1 heterocycles. The number of carbonyl (C=O) groups excluding carboxylic acids is 1. The summed E-state index contributed by atoms with van der Waals surface area (Å²) >= 11 is 0. The Kier molecular flexibility index (Phi) is 8.88. The minimum Gasteiger partial charge on any atom is -0.508 e. The van der Waals surface area contributed by atoms with Crippen molar-refractivity contribution in [2.75, 3.05) is 13.1 Å². The van der Waals surface area contributed by atoms with Crippen molar-refractivity contribution < 1.29 is 9.90 Å². The molecule has 0 unspecified atom stereocenters. The molecule has 0 atom stereocenters. The van der Waals surface area contributed by atoms with E-state index >= 15 is 0 Å². The van der Waals surface area contributed by atoms with E-state index in [1.165, 1.54) is 19.3 Å². The van der Waals surface area contributed by atoms with Crippen LogP contribution in [0.2, 0.25) is 0 Å². The molecule has 0 saturated heterocycles. The fourth-order valence-electron chi connectivity index (χ4n) is 3.90. The van der Waals surface area contributed by atoms with Gasteiger partial charge in [-0.15, -0.1) is 0 Å². The van der Waals surface area contributed by atoms with Gasteiger partial charge in [-0.25, -0.2) is 0 Å². The minimum absolute atomic E-state index is 0.113. The highest BCUT2D eigenvalue weighted by Gasteiger charge is 2.24. The number of benzene rings is 1. The van der Waals surface area contributed by atoms with Crippen LogP contribution in [-0.4, -0.2) is 33.6 Å². The highest BCUT2D eigenvalue weighted by molar-refractivity contribution is 6.08. The molecule has 0 fully saturated rings. The van der Waals surface area contributed by atoms with Crippen molar-refractivity contribution in [2.45, 2.75) is 85.6 Å². The summed E-state index contributed by atoms with van der Waals surface area (Å²) in [7, 11) is 0. The average Bonchev–Trinajstić information content (AvgIpc) is 2.95. The van der Waals surface area contributed by atoms with E-state index in [1.807, 2.05) is 11.0 Å². The Morgan fingerprint density at radius 2 is 1.61 bits per heavy atom. The third-order valence-corrected chi connectivity index (χ3v) is 5.61. The lowest BCUT2D eigenvalue weighted by Gasteiger charge is -2.23. The summed E-state index contributed by atoms with van der Waals surface area (Å²) in [6, 6.07) is 5.44. The number of unbranched alkanes of at least 4 members (excludes halogenated alkanes) is 5. The molecule has 0 saturated carbocycles. The minimum atomic E-state index is 0.113. The van der Waals surface area contributed by atoms with Crippen LogP contribution in [-0.2, 0) is 6.54 Å². The number of carbonyl (C=O) groups is 1. The number of phenolic OH excluding ortho intramolecular Hbond substituents is 1. The summed E-state index contributed by atoms with van der Waals surface area (Å²) in [6.07, 6.45) is 8.98. The summed E-state index contributed by atoms with van der Waals surface area (Å²) in [5.74, 6) is 0.334. The SMILES string of the molecule is CCCCCCn1c(C)c(C(=O)N(CCCC)CCCC)c2cc(O)ccc21. The van der Waals surface area contributed by atoms with Crippen LogP contribution in [0.5, 0.6) is 5.75 Å². The maximum Gasteiger partial charge on any atom is 0.256 e. The van der Waals surface area contributed by atoms with E-state index in [0.717, 1.165) is 73.9 Å². The second-order valence-electron chi connectivity index (χ2n) is 7.87. The first-order chi connectivity index (χ1) is 13.5. The molecule has 4 heteroatoms. The zero-order valence-electron chi connectivity index (χ0n) is 18.3. The summed E-state index contributed by atoms with van der Waals surface area (Å²) in [6.45, 7) is 11.1. The quantitative estimate of drug-likeness (QED) is 0.436. The zero-order valence-corrected chi connectivity index (χ0v) is 18.3. The van der Waals surface area contributed by atoms with Crippen molar-refractivity contribution in [1.29, 1.82) is 0 Å². The Bertz CT molecular complexity index is 756. The second kappa shape index (κ2) is 11.1. The van der Waals surface area contributed by atoms with Gasteiger partial charge in [-0.2, -0.15) is 0 Å². The van der Waals surface area contributed by atoms with Crippen LogP contribution >= 0.6 is 0 Å². The van der Waals surface area contributed by atoms with E-state index in [2.05, 4.69) is 32.3 Å². The lowest BCUT2D eigenvalue weighted by Crippen LogP contribution is -2.33. The smallest absolute Gasteiger partial charge is 0.256 e. The lowest BCUT2D eigenvalue weighted by atomic mass is 10.1. The first kappa shape index (κ1) is 22.3. The molecule has 1 N–H and O–H groups in total. The second-order valence-corrected chi connectivity index (χ2v) is 7.87. The Morgan fingerprint density at radius 1 is 0.964 bits per heavy atom. The molecule has 0 spiro atoms. The molecule has 156 valence electrons. The van der Waals surface area contributed by atoms with Gasteiger partial charge in [0.2, 0.25) is 0 Å². The molecular formula is C24H38N2O2. The van der Waals surface area contributed by atoms with Crippen molar-refractivity contribution >= 4 is 16.8 Å². The molecule has 0 aliphatic heterocycles. The fourth-order valence-corrected chi connectivity index (χ4v) is 3.90. The number of nitrogens with zero attached hydrogens (tertiary/aromatic N) is 2. The number of hydrogen-bond donors (Lipinski definition) is 1. The number of aryl methyl sites for hydroxylation is 1. The molecule has 2 rings (SSSR count). The van der Waals surface area contributed by atoms with Gasteiger partial charge in [-0.1, -0.05) is 52.9 Å². The highest BCUT2D eigenvalue weighted by Crippen LogP contribution is 2.30. The van der Waals surface area contributed by atoms with Gasteiger partial charge < -0.3 is 14.6 Å². The Labute approximate surface area is 170 Å². The van der Waals surface area contributed by atoms with E-state index in [4.69, 9.17) is 0 Å². The van der Waals surface area contributed by atoms with Crippen molar-refractivity contribution in [3.8, 4) is 5.75 Å². The standard InChI is InChI=1S/C24H38N2O2/c1-5-8-11-12-17-26-19(4)23(21-18-20(27)13-14-22(21)26)24(28)25(15-9-6-2)16-10-7-3/h13-14,18,27H,5-12,15-17H2,1-4H3. The monoisotopic (exact) mass is 386 g/mol. The normalized spacial score (nSPS) is 11.3. The molecule has 0 aliphatic carbocycles. The number of hydrogen-bond acceptors (Lipinski definition) is 2.